The zero-order valence-electron chi connectivity index (χ0n) is 5.74. The molecule has 54 valence electrons. The number of fused-ring (bicyclic) bond motifs is 1. The van der Waals surface area contributed by atoms with Gasteiger partial charge in [-0.05, 0) is 18.8 Å². The van der Waals surface area contributed by atoms with Gasteiger partial charge in [-0.2, -0.15) is 0 Å². The number of nitrogens with zero attached hydrogens (tertiary/aromatic N) is 2. The van der Waals surface area contributed by atoms with Crippen molar-refractivity contribution in [3.05, 3.63) is 28.9 Å². The molecule has 2 aliphatic heterocycles. The maximum absolute atomic E-state index is 4.20. The van der Waals surface area contributed by atoms with Crippen molar-refractivity contribution in [2.24, 2.45) is 0 Å². The summed E-state index contributed by atoms with van der Waals surface area (Å²) in [5.74, 6) is 0. The number of hydrogen-bond donors (Lipinski definition) is 0. The Labute approximate surface area is 64.9 Å². The summed E-state index contributed by atoms with van der Waals surface area (Å²) in [6.45, 7) is 3.07. The molecule has 0 amide bonds. The fourth-order valence-corrected chi connectivity index (χ4v) is 1.82. The molecule has 2 heterocycles. The minimum atomic E-state index is 1.01. The van der Waals surface area contributed by atoms with Crippen LogP contribution >= 0.6 is 0 Å². The molecule has 0 aliphatic carbocycles. The third-order valence-corrected chi connectivity index (χ3v) is 2.39. The van der Waals surface area contributed by atoms with Gasteiger partial charge in [0.2, 0.25) is 0 Å². The summed E-state index contributed by atoms with van der Waals surface area (Å²) in [5, 5.41) is 5.56. The Hall–Kier alpha value is -0.670. The van der Waals surface area contributed by atoms with Crippen LogP contribution < -0.4 is 0 Å². The highest BCUT2D eigenvalue weighted by atomic mass is 32.1. The van der Waals surface area contributed by atoms with E-state index in [4.69, 9.17) is 0 Å². The molecule has 0 spiro atoms. The predicted octanol–water partition coefficient (Wildman–Crippen LogP) is 0.739. The van der Waals surface area contributed by atoms with Gasteiger partial charge in [0.25, 0.3) is 0 Å². The summed E-state index contributed by atoms with van der Waals surface area (Å²) in [4.78, 5) is 2.15. The Morgan fingerprint density at radius 2 is 2.80 bits per heavy atom. The third-order valence-electron chi connectivity index (χ3n) is 1.55. The first-order valence-electron chi connectivity index (χ1n) is 3.17. The van der Waals surface area contributed by atoms with Gasteiger partial charge in [0.05, 0.1) is 16.8 Å². The minimum absolute atomic E-state index is 1.01. The number of rotatable bonds is 0. The van der Waals surface area contributed by atoms with Crippen LogP contribution in [0, 0.1) is 11.8 Å². The normalized spacial score (nSPS) is 23.3. The minimum Gasteiger partial charge on any atom is -0.726 e. The number of likely N-dealkylation sites (N-methyl/N-ethyl adjacent to an activating group) is 1. The Balaban J connectivity index is 2.18. The van der Waals surface area contributed by atoms with Crippen LogP contribution in [-0.4, -0.2) is 24.0 Å². The van der Waals surface area contributed by atoms with Crippen LogP contribution in [0.4, 0.5) is 0 Å². The zero-order chi connectivity index (χ0) is 6.97. The van der Waals surface area contributed by atoms with Crippen LogP contribution in [0.2, 0.25) is 0 Å². The van der Waals surface area contributed by atoms with Gasteiger partial charge in [0.15, 0.2) is 0 Å². The van der Waals surface area contributed by atoms with Crippen molar-refractivity contribution in [1.29, 1.82) is 0 Å². The van der Waals surface area contributed by atoms with Crippen molar-refractivity contribution in [2.45, 2.75) is 0 Å². The molecule has 0 fully saturated rings. The summed E-state index contributed by atoms with van der Waals surface area (Å²) in [6, 6.07) is 0. The fourth-order valence-electron chi connectivity index (χ4n) is 1.01. The second-order valence-electron chi connectivity index (χ2n) is 2.39. The van der Waals surface area contributed by atoms with E-state index in [2.05, 4.69) is 29.9 Å². The highest BCUT2D eigenvalue weighted by molar-refractivity contribution is 7.81. The van der Waals surface area contributed by atoms with Crippen LogP contribution in [0.25, 0.3) is 5.32 Å². The van der Waals surface area contributed by atoms with Crippen molar-refractivity contribution < 1.29 is 0 Å². The van der Waals surface area contributed by atoms with E-state index in [9.17, 15) is 0 Å². The lowest BCUT2D eigenvalue weighted by Crippen LogP contribution is -2.24. The molecule has 0 aromatic rings. The van der Waals surface area contributed by atoms with Crippen LogP contribution in [0.5, 0.6) is 0 Å². The molecule has 0 atom stereocenters. The largest absolute Gasteiger partial charge is 0.726 e. The molecule has 0 aromatic carbocycles. The van der Waals surface area contributed by atoms with E-state index in [0.29, 0.717) is 0 Å². The van der Waals surface area contributed by atoms with E-state index in [1.807, 2.05) is 5.49 Å². The third kappa shape index (κ3) is 0.874. The monoisotopic (exact) mass is 152 g/mol. The topological polar surface area (TPSA) is 17.3 Å². The quantitative estimate of drug-likeness (QED) is 0.284. The molecule has 0 aromatic heterocycles. The standard InChI is InChI=1S/C7H8N2S/c1-9-3-2-6-7(4-9)10-5-8-6/h2-3,5H,4H2,1H3/q-2. The Kier molecular flexibility index (Phi) is 1.32. The SMILES string of the molecule is CN1[CH-]C=C2[N-]C=[S+][C-]2C1. The second-order valence-corrected chi connectivity index (χ2v) is 3.33. The molecule has 0 unspecified atom stereocenters. The first kappa shape index (κ1) is 6.07. The summed E-state index contributed by atoms with van der Waals surface area (Å²) in [7, 11) is 2.07. The van der Waals surface area contributed by atoms with Crippen LogP contribution in [0.1, 0.15) is 0 Å². The van der Waals surface area contributed by atoms with Gasteiger partial charge in [-0.3, -0.25) is 6.54 Å². The molecule has 2 rings (SSSR count). The fraction of sp³-hybridized carbons (Fsp3) is 0.286. The van der Waals surface area contributed by atoms with Gasteiger partial charge in [-0.15, -0.1) is 0 Å². The maximum atomic E-state index is 4.20. The van der Waals surface area contributed by atoms with Crippen LogP contribution in [-0.2, 0) is 11.4 Å². The van der Waals surface area contributed by atoms with Gasteiger partial charge >= 0.3 is 0 Å². The van der Waals surface area contributed by atoms with Crippen molar-refractivity contribution in [2.75, 3.05) is 13.6 Å². The molecule has 0 saturated heterocycles. The summed E-state index contributed by atoms with van der Waals surface area (Å²) in [5.41, 5.74) is 3.04. The lowest BCUT2D eigenvalue weighted by Gasteiger charge is -2.43. The molecule has 0 radical (unpaired) electrons. The second kappa shape index (κ2) is 2.18. The highest BCUT2D eigenvalue weighted by Gasteiger charge is 2.07. The van der Waals surface area contributed by atoms with Crippen molar-refractivity contribution in [3.8, 4) is 0 Å². The van der Waals surface area contributed by atoms with Gasteiger partial charge < -0.3 is 22.0 Å². The molecule has 2 aliphatic rings. The van der Waals surface area contributed by atoms with Crippen LogP contribution in [0.15, 0.2) is 11.8 Å². The van der Waals surface area contributed by atoms with Gasteiger partial charge in [0.1, 0.15) is 0 Å². The first-order chi connectivity index (χ1) is 4.86. The predicted molar refractivity (Wildman–Crippen MR) is 45.0 cm³/mol. The zero-order valence-corrected chi connectivity index (χ0v) is 6.56. The van der Waals surface area contributed by atoms with Gasteiger partial charge in [-0.1, -0.05) is 0 Å². The first-order valence-corrected chi connectivity index (χ1v) is 4.05. The van der Waals surface area contributed by atoms with Crippen molar-refractivity contribution in [3.63, 3.8) is 0 Å². The molecule has 0 saturated carbocycles. The maximum Gasteiger partial charge on any atom is 0.0715 e. The molecular formula is C7H8N2S-2. The Morgan fingerprint density at radius 1 is 1.90 bits per heavy atom. The van der Waals surface area contributed by atoms with E-state index in [1.165, 1.54) is 5.25 Å². The molecule has 10 heavy (non-hydrogen) atoms. The van der Waals surface area contributed by atoms with Crippen molar-refractivity contribution >= 4 is 16.8 Å². The average molecular weight is 152 g/mol. The smallest absolute Gasteiger partial charge is 0.0715 e. The number of hydrogen-bond acceptors (Lipinski definition) is 1. The summed E-state index contributed by atoms with van der Waals surface area (Å²) < 4.78 is 0. The van der Waals surface area contributed by atoms with Crippen LogP contribution in [0.3, 0.4) is 0 Å². The summed E-state index contributed by atoms with van der Waals surface area (Å²) >= 11 is 1.73. The van der Waals surface area contributed by atoms with E-state index in [0.717, 1.165) is 12.2 Å². The molecule has 0 bridgehead atoms. The molecular weight excluding hydrogens is 144 g/mol. The molecule has 0 N–H and O–H groups in total. The van der Waals surface area contributed by atoms with E-state index in [1.54, 1.807) is 11.4 Å². The molecule has 3 heteroatoms. The van der Waals surface area contributed by atoms with Gasteiger partial charge in [0, 0.05) is 0 Å². The highest BCUT2D eigenvalue weighted by Crippen LogP contribution is 2.28. The molecule has 2 nitrogen and oxygen atoms in total. The van der Waals surface area contributed by atoms with Crippen molar-refractivity contribution in [1.82, 2.24) is 4.90 Å². The Morgan fingerprint density at radius 3 is 3.70 bits per heavy atom. The lowest BCUT2D eigenvalue weighted by molar-refractivity contribution is 0.445. The van der Waals surface area contributed by atoms with E-state index < -0.39 is 0 Å². The Bertz CT molecular complexity index is 198. The van der Waals surface area contributed by atoms with E-state index in [-0.39, 0.29) is 0 Å². The van der Waals surface area contributed by atoms with E-state index >= 15 is 0 Å². The summed E-state index contributed by atoms with van der Waals surface area (Å²) in [6.07, 6.45) is 2.05. The average Bonchev–Trinajstić information content (AvgIpc) is 2.33. The lowest BCUT2D eigenvalue weighted by atomic mass is 10.2. The van der Waals surface area contributed by atoms with Gasteiger partial charge in [-0.25, -0.2) is 0 Å².